The first-order valence-corrected chi connectivity index (χ1v) is 7.08. The molecular weight excluding hydrogens is 212 g/mol. The predicted octanol–water partition coefficient (Wildman–Crippen LogP) is 2.45. The quantitative estimate of drug-likeness (QED) is 0.749. The molecule has 100 valence electrons. The summed E-state index contributed by atoms with van der Waals surface area (Å²) >= 11 is 0. The minimum Gasteiger partial charge on any atom is -0.354 e. The van der Waals surface area contributed by atoms with Gasteiger partial charge >= 0.3 is 0 Å². The third kappa shape index (κ3) is 3.70. The molecule has 1 aliphatic rings. The highest BCUT2D eigenvalue weighted by molar-refractivity contribution is 5.81. The predicted molar refractivity (Wildman–Crippen MR) is 71.6 cm³/mol. The van der Waals surface area contributed by atoms with E-state index in [1.807, 2.05) is 6.92 Å². The largest absolute Gasteiger partial charge is 0.354 e. The molecule has 1 fully saturated rings. The number of hydrogen-bond acceptors (Lipinski definition) is 2. The standard InChI is InChI=1S/C14H28N2O/c1-4-11(3)12(15)13(17)16-10-14(5-2)8-6-7-9-14/h11-12H,4-10,15H2,1-3H3,(H,16,17)/t11-,12-/m0/s1. The summed E-state index contributed by atoms with van der Waals surface area (Å²) in [4.78, 5) is 11.9. The van der Waals surface area contributed by atoms with Crippen LogP contribution in [-0.2, 0) is 4.79 Å². The number of nitrogens with one attached hydrogen (secondary N) is 1. The third-order valence-corrected chi connectivity index (χ3v) is 4.61. The van der Waals surface area contributed by atoms with Crippen molar-refractivity contribution >= 4 is 5.91 Å². The third-order valence-electron chi connectivity index (χ3n) is 4.61. The van der Waals surface area contributed by atoms with Crippen LogP contribution in [0.25, 0.3) is 0 Å². The van der Waals surface area contributed by atoms with E-state index in [2.05, 4.69) is 19.2 Å². The highest BCUT2D eigenvalue weighted by Gasteiger charge is 2.32. The Morgan fingerprint density at radius 1 is 1.35 bits per heavy atom. The van der Waals surface area contributed by atoms with Gasteiger partial charge in [-0.05, 0) is 30.6 Å². The Balaban J connectivity index is 2.41. The lowest BCUT2D eigenvalue weighted by Crippen LogP contribution is -2.47. The molecule has 3 heteroatoms. The van der Waals surface area contributed by atoms with E-state index in [1.165, 1.54) is 25.7 Å². The van der Waals surface area contributed by atoms with Gasteiger partial charge in [0.1, 0.15) is 0 Å². The minimum absolute atomic E-state index is 0.0269. The smallest absolute Gasteiger partial charge is 0.237 e. The zero-order valence-corrected chi connectivity index (χ0v) is 11.6. The van der Waals surface area contributed by atoms with Gasteiger partial charge in [-0.3, -0.25) is 4.79 Å². The summed E-state index contributed by atoms with van der Waals surface area (Å²) in [6, 6.07) is -0.352. The zero-order chi connectivity index (χ0) is 12.9. The van der Waals surface area contributed by atoms with Crippen LogP contribution in [0.15, 0.2) is 0 Å². The van der Waals surface area contributed by atoms with Crippen LogP contribution in [0, 0.1) is 11.3 Å². The van der Waals surface area contributed by atoms with E-state index in [0.717, 1.165) is 19.4 Å². The molecule has 1 rings (SSSR count). The van der Waals surface area contributed by atoms with Crippen LogP contribution in [0.5, 0.6) is 0 Å². The fraction of sp³-hybridized carbons (Fsp3) is 0.929. The molecule has 0 heterocycles. The van der Waals surface area contributed by atoms with Crippen LogP contribution in [-0.4, -0.2) is 18.5 Å². The Morgan fingerprint density at radius 2 is 1.94 bits per heavy atom. The molecule has 0 bridgehead atoms. The van der Waals surface area contributed by atoms with E-state index in [0.29, 0.717) is 5.41 Å². The lowest BCUT2D eigenvalue weighted by Gasteiger charge is -2.29. The van der Waals surface area contributed by atoms with Crippen LogP contribution in [0.3, 0.4) is 0 Å². The summed E-state index contributed by atoms with van der Waals surface area (Å²) in [7, 11) is 0. The fourth-order valence-corrected chi connectivity index (χ4v) is 2.69. The molecule has 3 nitrogen and oxygen atoms in total. The maximum absolute atomic E-state index is 11.9. The molecule has 1 amide bonds. The van der Waals surface area contributed by atoms with E-state index in [4.69, 9.17) is 5.73 Å². The highest BCUT2D eigenvalue weighted by Crippen LogP contribution is 2.40. The Hall–Kier alpha value is -0.570. The summed E-state index contributed by atoms with van der Waals surface area (Å²) in [5.41, 5.74) is 6.28. The Kier molecular flexibility index (Phi) is 5.44. The second-order valence-corrected chi connectivity index (χ2v) is 5.69. The summed E-state index contributed by atoms with van der Waals surface area (Å²) < 4.78 is 0. The van der Waals surface area contributed by atoms with Gasteiger partial charge in [0.2, 0.25) is 5.91 Å². The first kappa shape index (κ1) is 14.5. The van der Waals surface area contributed by atoms with Gasteiger partial charge in [0.25, 0.3) is 0 Å². The fourth-order valence-electron chi connectivity index (χ4n) is 2.69. The molecule has 17 heavy (non-hydrogen) atoms. The van der Waals surface area contributed by atoms with Crippen molar-refractivity contribution in [3.63, 3.8) is 0 Å². The first-order valence-electron chi connectivity index (χ1n) is 7.08. The van der Waals surface area contributed by atoms with Gasteiger partial charge in [-0.1, -0.05) is 40.0 Å². The van der Waals surface area contributed by atoms with Crippen LogP contribution in [0.1, 0.15) is 59.3 Å². The van der Waals surface area contributed by atoms with Crippen molar-refractivity contribution in [3.05, 3.63) is 0 Å². The highest BCUT2D eigenvalue weighted by atomic mass is 16.2. The van der Waals surface area contributed by atoms with Crippen molar-refractivity contribution in [3.8, 4) is 0 Å². The van der Waals surface area contributed by atoms with Crippen molar-refractivity contribution in [2.45, 2.75) is 65.3 Å². The molecule has 0 aliphatic heterocycles. The molecule has 1 aliphatic carbocycles. The second-order valence-electron chi connectivity index (χ2n) is 5.69. The van der Waals surface area contributed by atoms with Gasteiger partial charge in [-0.2, -0.15) is 0 Å². The van der Waals surface area contributed by atoms with E-state index < -0.39 is 0 Å². The van der Waals surface area contributed by atoms with Crippen LogP contribution >= 0.6 is 0 Å². The van der Waals surface area contributed by atoms with Crippen LogP contribution in [0.2, 0.25) is 0 Å². The summed E-state index contributed by atoms with van der Waals surface area (Å²) in [5, 5.41) is 3.07. The molecule has 0 saturated heterocycles. The van der Waals surface area contributed by atoms with E-state index >= 15 is 0 Å². The molecule has 0 unspecified atom stereocenters. The molecular formula is C14H28N2O. The van der Waals surface area contributed by atoms with Gasteiger partial charge in [-0.25, -0.2) is 0 Å². The van der Waals surface area contributed by atoms with Crippen molar-refractivity contribution in [2.24, 2.45) is 17.1 Å². The lowest BCUT2D eigenvalue weighted by atomic mass is 9.83. The maximum Gasteiger partial charge on any atom is 0.237 e. The molecule has 0 aromatic rings. The van der Waals surface area contributed by atoms with Gasteiger partial charge in [0.05, 0.1) is 6.04 Å². The van der Waals surface area contributed by atoms with E-state index in [9.17, 15) is 4.79 Å². The monoisotopic (exact) mass is 240 g/mol. The zero-order valence-electron chi connectivity index (χ0n) is 11.6. The second kappa shape index (κ2) is 6.39. The number of nitrogens with two attached hydrogens (primary N) is 1. The van der Waals surface area contributed by atoms with Gasteiger partial charge < -0.3 is 11.1 Å². The van der Waals surface area contributed by atoms with Crippen molar-refractivity contribution in [1.82, 2.24) is 5.32 Å². The number of carbonyl (C=O) groups is 1. The van der Waals surface area contributed by atoms with Gasteiger partial charge in [0.15, 0.2) is 0 Å². The number of hydrogen-bond donors (Lipinski definition) is 2. The minimum atomic E-state index is -0.352. The van der Waals surface area contributed by atoms with E-state index in [-0.39, 0.29) is 17.9 Å². The molecule has 0 radical (unpaired) electrons. The molecule has 0 aromatic heterocycles. The van der Waals surface area contributed by atoms with Crippen molar-refractivity contribution < 1.29 is 4.79 Å². The summed E-state index contributed by atoms with van der Waals surface area (Å²) in [5.74, 6) is 0.287. The van der Waals surface area contributed by atoms with E-state index in [1.54, 1.807) is 0 Å². The molecule has 0 aromatic carbocycles. The Bertz CT molecular complexity index is 247. The van der Waals surface area contributed by atoms with Gasteiger partial charge in [-0.15, -0.1) is 0 Å². The first-order chi connectivity index (χ1) is 8.04. The molecule has 2 atom stereocenters. The maximum atomic E-state index is 11.9. The lowest BCUT2D eigenvalue weighted by molar-refractivity contribution is -0.123. The number of rotatable bonds is 6. The normalized spacial score (nSPS) is 22.1. The van der Waals surface area contributed by atoms with Crippen LogP contribution in [0.4, 0.5) is 0 Å². The number of carbonyl (C=O) groups excluding carboxylic acids is 1. The molecule has 0 spiro atoms. The number of amides is 1. The van der Waals surface area contributed by atoms with Gasteiger partial charge in [0, 0.05) is 6.54 Å². The average molecular weight is 240 g/mol. The topological polar surface area (TPSA) is 55.1 Å². The SMILES string of the molecule is CC[C@H](C)[C@H](N)C(=O)NCC1(CC)CCCC1. The van der Waals surface area contributed by atoms with Crippen LogP contribution < -0.4 is 11.1 Å². The van der Waals surface area contributed by atoms with Crippen molar-refractivity contribution in [1.29, 1.82) is 0 Å². The Labute approximate surface area is 106 Å². The average Bonchev–Trinajstić information content (AvgIpc) is 2.83. The summed E-state index contributed by atoms with van der Waals surface area (Å²) in [6.45, 7) is 7.15. The Morgan fingerprint density at radius 3 is 2.41 bits per heavy atom. The van der Waals surface area contributed by atoms with Crippen molar-refractivity contribution in [2.75, 3.05) is 6.54 Å². The summed E-state index contributed by atoms with van der Waals surface area (Å²) in [6.07, 6.45) is 7.23. The molecule has 3 N–H and O–H groups in total. The molecule has 1 saturated carbocycles.